The minimum Gasteiger partial charge on any atom is -0.339 e. The van der Waals surface area contributed by atoms with E-state index >= 15 is 0 Å². The monoisotopic (exact) mass is 312 g/mol. The number of carbonyl (C=O) groups excluding carboxylic acids is 1. The molecule has 1 saturated heterocycles. The number of nitrogens with zero attached hydrogens (tertiary/aromatic N) is 2. The molecule has 114 valence electrons. The predicted molar refractivity (Wildman–Crippen MR) is 90.0 cm³/mol. The van der Waals surface area contributed by atoms with E-state index in [0.717, 1.165) is 36.7 Å². The molecule has 2 aromatic rings. The molecule has 0 saturated carbocycles. The highest BCUT2D eigenvalue weighted by atomic mass is 32.2. The Morgan fingerprint density at radius 3 is 2.50 bits per heavy atom. The Hall–Kier alpha value is -1.81. The van der Waals surface area contributed by atoms with Gasteiger partial charge < -0.3 is 4.90 Å². The van der Waals surface area contributed by atoms with Crippen molar-refractivity contribution in [2.24, 2.45) is 0 Å². The Kier molecular flexibility index (Phi) is 5.11. The summed E-state index contributed by atoms with van der Waals surface area (Å²) in [5.74, 6) is 1.01. The average Bonchev–Trinajstić information content (AvgIpc) is 2.61. The van der Waals surface area contributed by atoms with Crippen molar-refractivity contribution < 1.29 is 4.79 Å². The van der Waals surface area contributed by atoms with Crippen LogP contribution < -0.4 is 0 Å². The summed E-state index contributed by atoms with van der Waals surface area (Å²) in [4.78, 5) is 18.7. The molecule has 0 aliphatic carbocycles. The second-order valence-electron chi connectivity index (χ2n) is 5.51. The van der Waals surface area contributed by atoms with Crippen LogP contribution in [0.2, 0.25) is 0 Å². The summed E-state index contributed by atoms with van der Waals surface area (Å²) in [6.07, 6.45) is 5.18. The lowest BCUT2D eigenvalue weighted by Crippen LogP contribution is -2.35. The van der Waals surface area contributed by atoms with Crippen molar-refractivity contribution in [3.8, 4) is 0 Å². The van der Waals surface area contributed by atoms with Crippen molar-refractivity contribution in [1.82, 2.24) is 9.88 Å². The van der Waals surface area contributed by atoms with Crippen molar-refractivity contribution in [1.29, 1.82) is 0 Å². The zero-order valence-corrected chi connectivity index (χ0v) is 13.4. The van der Waals surface area contributed by atoms with Crippen LogP contribution in [0, 0.1) is 0 Å². The van der Waals surface area contributed by atoms with Gasteiger partial charge in [-0.3, -0.25) is 4.79 Å². The summed E-state index contributed by atoms with van der Waals surface area (Å²) in [5, 5.41) is 0.957. The molecule has 3 nitrogen and oxygen atoms in total. The highest BCUT2D eigenvalue weighted by molar-refractivity contribution is 7.98. The minimum absolute atomic E-state index is 0.117. The number of rotatable bonds is 4. The molecule has 0 atom stereocenters. The number of aromatic nitrogens is 1. The van der Waals surface area contributed by atoms with E-state index in [4.69, 9.17) is 0 Å². The molecular formula is C18H20N2OS. The topological polar surface area (TPSA) is 33.2 Å². The van der Waals surface area contributed by atoms with E-state index < -0.39 is 0 Å². The van der Waals surface area contributed by atoms with E-state index in [9.17, 15) is 4.79 Å². The van der Waals surface area contributed by atoms with Gasteiger partial charge in [0.25, 0.3) is 5.91 Å². The van der Waals surface area contributed by atoms with Gasteiger partial charge in [-0.25, -0.2) is 4.98 Å². The average molecular weight is 312 g/mol. The first-order valence-corrected chi connectivity index (χ1v) is 8.73. The number of benzene rings is 1. The number of pyridine rings is 1. The summed E-state index contributed by atoms with van der Waals surface area (Å²) < 4.78 is 0. The minimum atomic E-state index is 0.117. The third-order valence-corrected chi connectivity index (χ3v) is 4.87. The first-order chi connectivity index (χ1) is 10.8. The van der Waals surface area contributed by atoms with E-state index in [1.54, 1.807) is 18.0 Å². The molecule has 1 amide bonds. The number of amides is 1. The summed E-state index contributed by atoms with van der Waals surface area (Å²) >= 11 is 1.69. The van der Waals surface area contributed by atoms with Crippen molar-refractivity contribution in [3.05, 3.63) is 59.8 Å². The van der Waals surface area contributed by atoms with Gasteiger partial charge >= 0.3 is 0 Å². The second-order valence-corrected chi connectivity index (χ2v) is 6.51. The lowest BCUT2D eigenvalue weighted by molar-refractivity contribution is 0.0724. The van der Waals surface area contributed by atoms with Crippen molar-refractivity contribution in [2.45, 2.75) is 30.0 Å². The molecule has 1 aromatic heterocycles. The van der Waals surface area contributed by atoms with Gasteiger partial charge in [0.2, 0.25) is 0 Å². The Labute approximate surface area is 135 Å². The smallest absolute Gasteiger partial charge is 0.255 e. The van der Waals surface area contributed by atoms with Gasteiger partial charge in [0, 0.05) is 25.0 Å². The zero-order valence-electron chi connectivity index (χ0n) is 12.6. The fraction of sp³-hybridized carbons (Fsp3) is 0.333. The third kappa shape index (κ3) is 3.89. The number of carbonyl (C=O) groups is 1. The Balaban J connectivity index is 1.59. The number of hydrogen-bond acceptors (Lipinski definition) is 3. The molecule has 3 rings (SSSR count). The van der Waals surface area contributed by atoms with Crippen LogP contribution in [-0.4, -0.2) is 28.9 Å². The quantitative estimate of drug-likeness (QED) is 0.800. The highest BCUT2D eigenvalue weighted by Crippen LogP contribution is 2.21. The Bertz CT molecular complexity index is 607. The van der Waals surface area contributed by atoms with E-state index in [0.29, 0.717) is 5.56 Å². The van der Waals surface area contributed by atoms with Gasteiger partial charge in [-0.15, -0.1) is 11.8 Å². The maximum Gasteiger partial charge on any atom is 0.255 e. The third-order valence-electron chi connectivity index (χ3n) is 3.86. The van der Waals surface area contributed by atoms with E-state index in [2.05, 4.69) is 17.1 Å². The Morgan fingerprint density at radius 1 is 1.05 bits per heavy atom. The van der Waals surface area contributed by atoms with Crippen LogP contribution >= 0.6 is 11.8 Å². The van der Waals surface area contributed by atoms with Crippen molar-refractivity contribution in [2.75, 3.05) is 13.1 Å². The molecule has 0 N–H and O–H groups in total. The van der Waals surface area contributed by atoms with Crippen LogP contribution in [0.15, 0.2) is 53.7 Å². The molecule has 1 aliphatic heterocycles. The highest BCUT2D eigenvalue weighted by Gasteiger charge is 2.18. The van der Waals surface area contributed by atoms with Gasteiger partial charge in [0.1, 0.15) is 0 Å². The predicted octanol–water partition coefficient (Wildman–Crippen LogP) is 4.00. The number of hydrogen-bond donors (Lipinski definition) is 0. The molecule has 4 heteroatoms. The van der Waals surface area contributed by atoms with E-state index in [-0.39, 0.29) is 5.91 Å². The van der Waals surface area contributed by atoms with Gasteiger partial charge in [0.05, 0.1) is 10.6 Å². The molecule has 1 aliphatic rings. The van der Waals surface area contributed by atoms with Gasteiger partial charge in [0.15, 0.2) is 0 Å². The summed E-state index contributed by atoms with van der Waals surface area (Å²) in [7, 11) is 0. The number of likely N-dealkylation sites (tertiary alicyclic amines) is 1. The first-order valence-electron chi connectivity index (χ1n) is 7.75. The fourth-order valence-corrected chi connectivity index (χ4v) is 3.40. The summed E-state index contributed by atoms with van der Waals surface area (Å²) in [6, 6.07) is 14.2. The fourth-order valence-electron chi connectivity index (χ4n) is 2.60. The number of thioether (sulfide) groups is 1. The molecule has 2 heterocycles. The second kappa shape index (κ2) is 7.45. The maximum atomic E-state index is 12.4. The van der Waals surface area contributed by atoms with Gasteiger partial charge in [-0.05, 0) is 37.0 Å². The molecule has 0 spiro atoms. The summed E-state index contributed by atoms with van der Waals surface area (Å²) in [5.41, 5.74) is 1.98. The molecule has 0 unspecified atom stereocenters. The Morgan fingerprint density at radius 2 is 1.82 bits per heavy atom. The largest absolute Gasteiger partial charge is 0.339 e. The molecular weight excluding hydrogens is 292 g/mol. The SMILES string of the molecule is O=C(c1ccc(SCc2ccccc2)nc1)N1CCCCC1. The summed E-state index contributed by atoms with van der Waals surface area (Å²) in [6.45, 7) is 1.76. The molecule has 1 fully saturated rings. The maximum absolute atomic E-state index is 12.4. The van der Waals surface area contributed by atoms with Crippen molar-refractivity contribution in [3.63, 3.8) is 0 Å². The van der Waals surface area contributed by atoms with Crippen LogP contribution in [0.1, 0.15) is 35.2 Å². The van der Waals surface area contributed by atoms with Crippen LogP contribution in [0.25, 0.3) is 0 Å². The number of piperidine rings is 1. The van der Waals surface area contributed by atoms with Crippen LogP contribution in [0.4, 0.5) is 0 Å². The first kappa shape index (κ1) is 15.1. The van der Waals surface area contributed by atoms with Crippen LogP contribution in [-0.2, 0) is 5.75 Å². The van der Waals surface area contributed by atoms with E-state index in [1.165, 1.54) is 12.0 Å². The van der Waals surface area contributed by atoms with Crippen LogP contribution in [0.5, 0.6) is 0 Å². The lowest BCUT2D eigenvalue weighted by Gasteiger charge is -2.26. The zero-order chi connectivity index (χ0) is 15.2. The van der Waals surface area contributed by atoms with Crippen LogP contribution in [0.3, 0.4) is 0 Å². The van der Waals surface area contributed by atoms with E-state index in [1.807, 2.05) is 35.2 Å². The van der Waals surface area contributed by atoms with Gasteiger partial charge in [-0.2, -0.15) is 0 Å². The molecule has 0 radical (unpaired) electrons. The van der Waals surface area contributed by atoms with Gasteiger partial charge in [-0.1, -0.05) is 30.3 Å². The van der Waals surface area contributed by atoms with Crippen molar-refractivity contribution >= 4 is 17.7 Å². The molecule has 1 aromatic carbocycles. The lowest BCUT2D eigenvalue weighted by atomic mass is 10.1. The molecule has 0 bridgehead atoms. The standard InChI is InChI=1S/C18H20N2OS/c21-18(20-11-5-2-6-12-20)16-9-10-17(19-13-16)22-14-15-7-3-1-4-8-15/h1,3-4,7-10,13H,2,5-6,11-12,14H2. The normalized spacial score (nSPS) is 14.8. The molecule has 22 heavy (non-hydrogen) atoms.